The number of carbonyl (C=O) groups is 4. The summed E-state index contributed by atoms with van der Waals surface area (Å²) in [5.41, 5.74) is 5.94. The van der Waals surface area contributed by atoms with Crippen molar-refractivity contribution in [3.8, 4) is 0 Å². The smallest absolute Gasteiger partial charge is 0.326 e. The highest BCUT2D eigenvalue weighted by atomic mass is 32.2. The standard InChI is InChI=1S/C21H40N4O5S2/c1-12(2)11-14(22)18(26)25-17(13(3)4)20(28)23-15(7-9-31-5)19(27)24-16(21(29)30)8-10-32-6/h12-17H,7-11,22H2,1-6H3,(H,23,28)(H,24,27)(H,25,26)(H,29,30). The molecule has 0 radical (unpaired) electrons. The van der Waals surface area contributed by atoms with Crippen molar-refractivity contribution in [1.29, 1.82) is 0 Å². The lowest BCUT2D eigenvalue weighted by Crippen LogP contribution is -2.58. The number of aliphatic carboxylic acids is 1. The Morgan fingerprint density at radius 3 is 1.75 bits per heavy atom. The highest BCUT2D eigenvalue weighted by Crippen LogP contribution is 2.09. The minimum absolute atomic E-state index is 0.231. The molecule has 0 aliphatic rings. The van der Waals surface area contributed by atoms with E-state index in [0.717, 1.165) is 0 Å². The third-order valence-corrected chi connectivity index (χ3v) is 6.07. The lowest BCUT2D eigenvalue weighted by molar-refractivity contribution is -0.142. The minimum atomic E-state index is -1.12. The topological polar surface area (TPSA) is 151 Å². The van der Waals surface area contributed by atoms with Crippen LogP contribution in [0.5, 0.6) is 0 Å². The fourth-order valence-corrected chi connectivity index (χ4v) is 3.88. The van der Waals surface area contributed by atoms with Gasteiger partial charge in [0.25, 0.3) is 0 Å². The predicted molar refractivity (Wildman–Crippen MR) is 132 cm³/mol. The van der Waals surface area contributed by atoms with Crippen molar-refractivity contribution in [3.63, 3.8) is 0 Å². The van der Waals surface area contributed by atoms with E-state index < -0.39 is 47.9 Å². The van der Waals surface area contributed by atoms with E-state index in [-0.39, 0.29) is 18.3 Å². The Labute approximate surface area is 200 Å². The third kappa shape index (κ3) is 12.0. The van der Waals surface area contributed by atoms with Crippen molar-refractivity contribution in [2.24, 2.45) is 17.6 Å². The predicted octanol–water partition coefficient (Wildman–Crippen LogP) is 1.06. The number of carboxylic acid groups (broad SMARTS) is 1. The van der Waals surface area contributed by atoms with Crippen LogP contribution in [0.15, 0.2) is 0 Å². The average Bonchev–Trinajstić information content (AvgIpc) is 2.70. The molecule has 0 fully saturated rings. The first-order valence-electron chi connectivity index (χ1n) is 10.8. The zero-order valence-electron chi connectivity index (χ0n) is 20.0. The molecule has 0 aromatic rings. The van der Waals surface area contributed by atoms with Gasteiger partial charge in [-0.25, -0.2) is 4.79 Å². The number of nitrogens with two attached hydrogens (primary N) is 1. The van der Waals surface area contributed by atoms with Gasteiger partial charge in [0.1, 0.15) is 18.1 Å². The van der Waals surface area contributed by atoms with E-state index >= 15 is 0 Å². The van der Waals surface area contributed by atoms with Crippen molar-refractivity contribution in [1.82, 2.24) is 16.0 Å². The number of hydrogen-bond donors (Lipinski definition) is 5. The summed E-state index contributed by atoms with van der Waals surface area (Å²) >= 11 is 3.00. The number of rotatable bonds is 16. The fourth-order valence-electron chi connectivity index (χ4n) is 2.94. The molecule has 3 amide bonds. The van der Waals surface area contributed by atoms with Crippen LogP contribution in [0.4, 0.5) is 0 Å². The first-order valence-corrected chi connectivity index (χ1v) is 13.6. The molecule has 186 valence electrons. The van der Waals surface area contributed by atoms with Gasteiger partial charge in [0, 0.05) is 0 Å². The molecule has 0 rings (SSSR count). The Balaban J connectivity index is 5.33. The molecule has 9 nitrogen and oxygen atoms in total. The molecule has 11 heteroatoms. The van der Waals surface area contributed by atoms with Crippen LogP contribution in [0, 0.1) is 11.8 Å². The quantitative estimate of drug-likeness (QED) is 0.215. The van der Waals surface area contributed by atoms with Crippen LogP contribution in [0.2, 0.25) is 0 Å². The van der Waals surface area contributed by atoms with E-state index in [1.54, 1.807) is 13.8 Å². The van der Waals surface area contributed by atoms with Gasteiger partial charge < -0.3 is 26.8 Å². The Morgan fingerprint density at radius 1 is 0.812 bits per heavy atom. The van der Waals surface area contributed by atoms with Crippen LogP contribution in [-0.4, -0.2) is 77.0 Å². The van der Waals surface area contributed by atoms with Crippen molar-refractivity contribution in [3.05, 3.63) is 0 Å². The van der Waals surface area contributed by atoms with E-state index in [4.69, 9.17) is 5.73 Å². The number of nitrogens with one attached hydrogen (secondary N) is 3. The molecule has 0 aliphatic heterocycles. The Bertz CT molecular complexity index is 619. The van der Waals surface area contributed by atoms with Crippen LogP contribution in [0.1, 0.15) is 47.0 Å². The van der Waals surface area contributed by atoms with Crippen molar-refractivity contribution < 1.29 is 24.3 Å². The fraction of sp³-hybridized carbons (Fsp3) is 0.810. The number of carboxylic acids is 1. The molecule has 6 N–H and O–H groups in total. The van der Waals surface area contributed by atoms with E-state index in [0.29, 0.717) is 24.3 Å². The molecule has 0 bridgehead atoms. The van der Waals surface area contributed by atoms with Gasteiger partial charge in [-0.3, -0.25) is 14.4 Å². The van der Waals surface area contributed by atoms with Crippen molar-refractivity contribution >= 4 is 47.2 Å². The van der Waals surface area contributed by atoms with Gasteiger partial charge in [-0.15, -0.1) is 0 Å². The van der Waals surface area contributed by atoms with E-state index in [9.17, 15) is 24.3 Å². The lowest BCUT2D eigenvalue weighted by atomic mass is 10.00. The molecule has 0 aliphatic carbocycles. The molecule has 0 spiro atoms. The van der Waals surface area contributed by atoms with Crippen LogP contribution in [0.25, 0.3) is 0 Å². The largest absolute Gasteiger partial charge is 0.480 e. The number of hydrogen-bond acceptors (Lipinski definition) is 7. The second kappa shape index (κ2) is 16.2. The van der Waals surface area contributed by atoms with E-state index in [2.05, 4.69) is 16.0 Å². The van der Waals surface area contributed by atoms with Crippen LogP contribution in [0.3, 0.4) is 0 Å². The molecular weight excluding hydrogens is 452 g/mol. The third-order valence-electron chi connectivity index (χ3n) is 4.78. The molecule has 32 heavy (non-hydrogen) atoms. The average molecular weight is 493 g/mol. The van der Waals surface area contributed by atoms with E-state index in [1.807, 2.05) is 26.4 Å². The normalized spacial score (nSPS) is 15.0. The molecule has 4 atom stereocenters. The second-order valence-corrected chi connectivity index (χ2v) is 10.5. The van der Waals surface area contributed by atoms with Crippen molar-refractivity contribution in [2.75, 3.05) is 24.0 Å². The SMILES string of the molecule is CSCCC(NC(=O)C(CCSC)NC(=O)C(NC(=O)C(N)CC(C)C)C(C)C)C(=O)O. The summed E-state index contributed by atoms with van der Waals surface area (Å²) in [5.74, 6) is -1.41. The molecule has 0 saturated carbocycles. The molecular formula is C21H40N4O5S2. The number of carbonyl (C=O) groups excluding carboxylic acids is 3. The van der Waals surface area contributed by atoms with Gasteiger partial charge in [0.2, 0.25) is 17.7 Å². The van der Waals surface area contributed by atoms with Gasteiger partial charge in [-0.1, -0.05) is 27.7 Å². The highest BCUT2D eigenvalue weighted by Gasteiger charge is 2.31. The Morgan fingerprint density at radius 2 is 1.31 bits per heavy atom. The van der Waals surface area contributed by atoms with Gasteiger partial charge >= 0.3 is 5.97 Å². The van der Waals surface area contributed by atoms with Gasteiger partial charge in [-0.2, -0.15) is 23.5 Å². The monoisotopic (exact) mass is 492 g/mol. The second-order valence-electron chi connectivity index (χ2n) is 8.49. The van der Waals surface area contributed by atoms with E-state index in [1.165, 1.54) is 23.5 Å². The Hall–Kier alpha value is -1.46. The summed E-state index contributed by atoms with van der Waals surface area (Å²) in [4.78, 5) is 49.7. The maximum Gasteiger partial charge on any atom is 0.326 e. The van der Waals surface area contributed by atoms with Crippen LogP contribution in [-0.2, 0) is 19.2 Å². The van der Waals surface area contributed by atoms with Gasteiger partial charge in [-0.05, 0) is 55.1 Å². The molecule has 0 heterocycles. The van der Waals surface area contributed by atoms with Crippen LogP contribution >= 0.6 is 23.5 Å². The first-order chi connectivity index (χ1) is 14.9. The van der Waals surface area contributed by atoms with Crippen molar-refractivity contribution in [2.45, 2.75) is 71.1 Å². The lowest BCUT2D eigenvalue weighted by Gasteiger charge is -2.27. The summed E-state index contributed by atoms with van der Waals surface area (Å²) in [7, 11) is 0. The molecule has 0 aromatic carbocycles. The zero-order valence-corrected chi connectivity index (χ0v) is 21.6. The maximum atomic E-state index is 13.0. The van der Waals surface area contributed by atoms with Gasteiger partial charge in [0.15, 0.2) is 0 Å². The number of thioether (sulfide) groups is 2. The number of amides is 3. The molecule has 0 aromatic heterocycles. The van der Waals surface area contributed by atoms with Crippen LogP contribution < -0.4 is 21.7 Å². The summed E-state index contributed by atoms with van der Waals surface area (Å²) in [6, 6.07) is -3.53. The Kier molecular flexibility index (Phi) is 15.5. The first kappa shape index (κ1) is 30.5. The summed E-state index contributed by atoms with van der Waals surface area (Å²) in [5, 5.41) is 17.3. The highest BCUT2D eigenvalue weighted by molar-refractivity contribution is 7.98. The minimum Gasteiger partial charge on any atom is -0.480 e. The maximum absolute atomic E-state index is 13.0. The zero-order chi connectivity index (χ0) is 24.8. The summed E-state index contributed by atoms with van der Waals surface area (Å²) in [6.07, 6.45) is 4.84. The summed E-state index contributed by atoms with van der Waals surface area (Å²) in [6.45, 7) is 7.49. The van der Waals surface area contributed by atoms with Gasteiger partial charge in [0.05, 0.1) is 6.04 Å². The summed E-state index contributed by atoms with van der Waals surface area (Å²) < 4.78 is 0. The molecule has 4 unspecified atom stereocenters. The molecule has 0 saturated heterocycles.